The average Bonchev–Trinajstić information content (AvgIpc) is 3.26. The number of hydrogen-bond acceptors (Lipinski definition) is 8. The fourth-order valence-corrected chi connectivity index (χ4v) is 2.40. The Bertz CT molecular complexity index is 1010. The molecule has 0 fully saturated rings. The van der Waals surface area contributed by atoms with E-state index < -0.39 is 5.82 Å². The van der Waals surface area contributed by atoms with Crippen LogP contribution in [0.25, 0.3) is 5.70 Å². The Balaban J connectivity index is 1.84. The van der Waals surface area contributed by atoms with E-state index in [2.05, 4.69) is 25.8 Å². The van der Waals surface area contributed by atoms with Crippen LogP contribution >= 0.6 is 0 Å². The third kappa shape index (κ3) is 5.20. The van der Waals surface area contributed by atoms with Crippen molar-refractivity contribution in [3.8, 4) is 0 Å². The average molecular weight is 400 g/mol. The van der Waals surface area contributed by atoms with Gasteiger partial charge in [-0.25, -0.2) is 18.7 Å². The van der Waals surface area contributed by atoms with Crippen LogP contribution < -0.4 is 10.6 Å². The molecule has 0 unspecified atom stereocenters. The van der Waals surface area contributed by atoms with Crippen LogP contribution in [0, 0.1) is 17.0 Å². The molecule has 0 radical (unpaired) electrons. The number of anilines is 1. The van der Waals surface area contributed by atoms with Gasteiger partial charge in [-0.15, -0.1) is 0 Å². The summed E-state index contributed by atoms with van der Waals surface area (Å²) in [4.78, 5) is 7.79. The van der Waals surface area contributed by atoms with Crippen LogP contribution in [0.3, 0.4) is 0 Å². The van der Waals surface area contributed by atoms with E-state index in [0.717, 1.165) is 6.20 Å². The number of aliphatic hydroxyl groups is 1. The topological polar surface area (TPSA) is 120 Å². The van der Waals surface area contributed by atoms with Crippen molar-refractivity contribution in [2.45, 2.75) is 6.54 Å². The van der Waals surface area contributed by atoms with Crippen LogP contribution in [0.1, 0.15) is 17.1 Å². The van der Waals surface area contributed by atoms with Gasteiger partial charge in [0.15, 0.2) is 17.5 Å². The van der Waals surface area contributed by atoms with Gasteiger partial charge in [-0.2, -0.15) is 0 Å². The van der Waals surface area contributed by atoms with Crippen molar-refractivity contribution in [1.82, 2.24) is 20.4 Å². The Kier molecular flexibility index (Phi) is 6.59. The highest BCUT2D eigenvalue weighted by Gasteiger charge is 2.13. The summed E-state index contributed by atoms with van der Waals surface area (Å²) in [6, 6.07) is 7.88. The molecule has 0 saturated heterocycles. The number of benzene rings is 1. The molecule has 8 nitrogen and oxygen atoms in total. The van der Waals surface area contributed by atoms with Gasteiger partial charge in [-0.1, -0.05) is 23.4 Å². The van der Waals surface area contributed by atoms with Crippen molar-refractivity contribution in [3.05, 3.63) is 77.6 Å². The summed E-state index contributed by atoms with van der Waals surface area (Å²) in [6.07, 6.45) is 3.69. The Morgan fingerprint density at radius 3 is 2.76 bits per heavy atom. The first-order chi connectivity index (χ1) is 14.1. The minimum atomic E-state index is -0.701. The lowest BCUT2D eigenvalue weighted by molar-refractivity contribution is 0.310. The van der Waals surface area contributed by atoms with E-state index in [4.69, 9.17) is 15.0 Å². The molecule has 3 rings (SSSR count). The van der Waals surface area contributed by atoms with E-state index >= 15 is 0 Å². The van der Waals surface area contributed by atoms with E-state index in [-0.39, 0.29) is 42.9 Å². The molecule has 4 N–H and O–H groups in total. The molecule has 3 aromatic rings. The largest absolute Gasteiger partial charge is 0.395 e. The molecule has 10 heteroatoms. The summed E-state index contributed by atoms with van der Waals surface area (Å²) in [7, 11) is 0. The summed E-state index contributed by atoms with van der Waals surface area (Å²) >= 11 is 0. The molecule has 1 aromatic carbocycles. The maximum Gasteiger partial charge on any atom is 0.183 e. The summed E-state index contributed by atoms with van der Waals surface area (Å²) in [6.45, 7) is 0.0452. The standard InChI is InChI=1S/C19H18F2N6O2/c20-13-4-2-1-3-12(13)10-24-17(16-5-8-29-27-16)9-15(22)19-25-11-14(21)18(26-19)23-6-7-28/h1-5,8-9,11,22,24,28H,6-7,10H2,(H,23,25,26)/b17-9-,22-15?. The predicted octanol–water partition coefficient (Wildman–Crippen LogP) is 2.35. The third-order valence-electron chi connectivity index (χ3n) is 3.82. The van der Waals surface area contributed by atoms with Gasteiger partial charge in [0.05, 0.1) is 18.5 Å². The number of nitrogens with one attached hydrogen (secondary N) is 3. The highest BCUT2D eigenvalue weighted by Crippen LogP contribution is 2.14. The van der Waals surface area contributed by atoms with E-state index in [0.29, 0.717) is 17.0 Å². The zero-order valence-electron chi connectivity index (χ0n) is 15.2. The second kappa shape index (κ2) is 9.51. The zero-order valence-corrected chi connectivity index (χ0v) is 15.2. The Hall–Kier alpha value is -3.66. The Morgan fingerprint density at radius 2 is 2.03 bits per heavy atom. The van der Waals surface area contributed by atoms with Crippen LogP contribution in [0.4, 0.5) is 14.6 Å². The van der Waals surface area contributed by atoms with Gasteiger partial charge in [0.25, 0.3) is 0 Å². The van der Waals surface area contributed by atoms with Crippen LogP contribution in [-0.4, -0.2) is 39.1 Å². The lowest BCUT2D eigenvalue weighted by Crippen LogP contribution is -2.16. The first kappa shape index (κ1) is 20.1. The molecular weight excluding hydrogens is 382 g/mol. The van der Waals surface area contributed by atoms with E-state index in [9.17, 15) is 8.78 Å². The molecule has 0 spiro atoms. The minimum Gasteiger partial charge on any atom is -0.395 e. The predicted molar refractivity (Wildman–Crippen MR) is 102 cm³/mol. The minimum absolute atomic E-state index is 0.0412. The molecule has 0 aliphatic rings. The molecular formula is C19H18F2N6O2. The molecule has 150 valence electrons. The number of rotatable bonds is 9. The second-order valence-electron chi connectivity index (χ2n) is 5.84. The quantitative estimate of drug-likeness (QED) is 0.407. The molecule has 0 aliphatic carbocycles. The first-order valence-electron chi connectivity index (χ1n) is 8.64. The maximum atomic E-state index is 13.9. The zero-order chi connectivity index (χ0) is 20.6. The summed E-state index contributed by atoms with van der Waals surface area (Å²) in [5.41, 5.74) is 1.08. The van der Waals surface area contributed by atoms with Crippen molar-refractivity contribution in [1.29, 1.82) is 5.41 Å². The summed E-state index contributed by atoms with van der Waals surface area (Å²) in [5.74, 6) is -1.23. The van der Waals surface area contributed by atoms with Gasteiger partial charge in [-0.05, 0) is 12.1 Å². The van der Waals surface area contributed by atoms with Crippen molar-refractivity contribution in [3.63, 3.8) is 0 Å². The number of aromatic nitrogens is 3. The first-order valence-corrected chi connectivity index (χ1v) is 8.64. The van der Waals surface area contributed by atoms with Crippen molar-refractivity contribution < 1.29 is 18.4 Å². The smallest absolute Gasteiger partial charge is 0.183 e. The maximum absolute atomic E-state index is 13.9. The normalized spacial score (nSPS) is 11.3. The van der Waals surface area contributed by atoms with Crippen molar-refractivity contribution in [2.24, 2.45) is 0 Å². The fraction of sp³-hybridized carbons (Fsp3) is 0.158. The second-order valence-corrected chi connectivity index (χ2v) is 5.84. The molecule has 2 aromatic heterocycles. The van der Waals surface area contributed by atoms with Crippen LogP contribution in [0.2, 0.25) is 0 Å². The number of nitrogens with zero attached hydrogens (tertiary/aromatic N) is 3. The Labute approximate surface area is 164 Å². The lowest BCUT2D eigenvalue weighted by Gasteiger charge is -2.10. The highest BCUT2D eigenvalue weighted by atomic mass is 19.1. The van der Waals surface area contributed by atoms with Gasteiger partial charge in [0.1, 0.15) is 23.5 Å². The highest BCUT2D eigenvalue weighted by molar-refractivity contribution is 6.07. The summed E-state index contributed by atoms with van der Waals surface area (Å²) < 4.78 is 32.5. The van der Waals surface area contributed by atoms with Gasteiger partial charge in [0.2, 0.25) is 0 Å². The monoisotopic (exact) mass is 400 g/mol. The number of halogens is 2. The number of aliphatic hydroxyl groups excluding tert-OH is 1. The molecule has 0 saturated carbocycles. The van der Waals surface area contributed by atoms with Crippen molar-refractivity contribution >= 4 is 17.2 Å². The fourth-order valence-electron chi connectivity index (χ4n) is 2.40. The van der Waals surface area contributed by atoms with Crippen LogP contribution in [0.5, 0.6) is 0 Å². The van der Waals surface area contributed by atoms with Gasteiger partial charge < -0.3 is 20.3 Å². The SMILES string of the molecule is N=C(/C=C(\NCc1ccccc1F)c1ccon1)c1ncc(F)c(NCCO)n1. The number of allylic oxidation sites excluding steroid dienone is 1. The van der Waals surface area contributed by atoms with Crippen LogP contribution in [-0.2, 0) is 6.54 Å². The van der Waals surface area contributed by atoms with E-state index in [1.54, 1.807) is 24.3 Å². The third-order valence-corrected chi connectivity index (χ3v) is 3.82. The van der Waals surface area contributed by atoms with Crippen LogP contribution in [0.15, 0.2) is 53.4 Å². The van der Waals surface area contributed by atoms with Crippen molar-refractivity contribution in [2.75, 3.05) is 18.5 Å². The van der Waals surface area contributed by atoms with Gasteiger partial charge in [0, 0.05) is 24.7 Å². The molecule has 0 atom stereocenters. The Morgan fingerprint density at radius 1 is 1.21 bits per heavy atom. The molecule has 29 heavy (non-hydrogen) atoms. The molecule has 0 bridgehead atoms. The lowest BCUT2D eigenvalue weighted by atomic mass is 10.2. The molecule has 2 heterocycles. The molecule has 0 aliphatic heterocycles. The van der Waals surface area contributed by atoms with Gasteiger partial charge in [-0.3, -0.25) is 5.41 Å². The van der Waals surface area contributed by atoms with E-state index in [1.165, 1.54) is 18.4 Å². The summed E-state index contributed by atoms with van der Waals surface area (Å²) in [5, 5.41) is 26.6. The van der Waals surface area contributed by atoms with E-state index in [1.807, 2.05) is 0 Å². The van der Waals surface area contributed by atoms with Gasteiger partial charge >= 0.3 is 0 Å². The molecule has 0 amide bonds. The number of hydrogen-bond donors (Lipinski definition) is 4.